The van der Waals surface area contributed by atoms with Gasteiger partial charge in [0.25, 0.3) is 0 Å². The zero-order valence-electron chi connectivity index (χ0n) is 7.81. The molecular formula is C10H12F3N. The number of hydrogen-bond acceptors (Lipinski definition) is 1. The molecular weight excluding hydrogens is 191 g/mol. The van der Waals surface area contributed by atoms with E-state index in [2.05, 4.69) is 0 Å². The van der Waals surface area contributed by atoms with Crippen molar-refractivity contribution in [3.8, 4) is 0 Å². The highest BCUT2D eigenvalue weighted by Crippen LogP contribution is 2.34. The minimum atomic E-state index is -4.19. The zero-order chi connectivity index (χ0) is 10.8. The number of benzene rings is 1. The third-order valence-corrected chi connectivity index (χ3v) is 2.18. The Labute approximate surface area is 80.7 Å². The van der Waals surface area contributed by atoms with Gasteiger partial charge in [-0.2, -0.15) is 13.2 Å². The molecule has 0 spiro atoms. The highest BCUT2D eigenvalue weighted by atomic mass is 19.4. The van der Waals surface area contributed by atoms with Crippen molar-refractivity contribution in [3.05, 3.63) is 35.4 Å². The standard InChI is InChI=1S/C10H12F3N/c1-7(10(11,12)13)9-4-2-3-8(5-9)6-14/h2-5,7H,6,14H2,1H3. The van der Waals surface area contributed by atoms with E-state index in [4.69, 9.17) is 5.73 Å². The van der Waals surface area contributed by atoms with E-state index in [-0.39, 0.29) is 12.1 Å². The van der Waals surface area contributed by atoms with Crippen molar-refractivity contribution in [2.45, 2.75) is 25.6 Å². The van der Waals surface area contributed by atoms with Crippen molar-refractivity contribution < 1.29 is 13.2 Å². The van der Waals surface area contributed by atoms with Crippen LogP contribution in [0.2, 0.25) is 0 Å². The summed E-state index contributed by atoms with van der Waals surface area (Å²) in [5.74, 6) is -1.44. The Morgan fingerprint density at radius 1 is 1.36 bits per heavy atom. The van der Waals surface area contributed by atoms with Gasteiger partial charge >= 0.3 is 6.18 Å². The Morgan fingerprint density at radius 3 is 2.50 bits per heavy atom. The number of rotatable bonds is 2. The molecule has 1 rings (SSSR count). The van der Waals surface area contributed by atoms with Gasteiger partial charge in [0.2, 0.25) is 0 Å². The first-order chi connectivity index (χ1) is 6.45. The van der Waals surface area contributed by atoms with Crippen molar-refractivity contribution in [2.24, 2.45) is 5.73 Å². The van der Waals surface area contributed by atoms with Crippen LogP contribution in [0, 0.1) is 0 Å². The van der Waals surface area contributed by atoms with Gasteiger partial charge in [-0.25, -0.2) is 0 Å². The Morgan fingerprint density at radius 2 is 2.00 bits per heavy atom. The van der Waals surface area contributed by atoms with E-state index in [0.717, 1.165) is 12.5 Å². The molecule has 1 aromatic rings. The molecule has 14 heavy (non-hydrogen) atoms. The molecule has 0 bridgehead atoms. The Balaban J connectivity index is 2.95. The summed E-state index contributed by atoms with van der Waals surface area (Å²) in [5.41, 5.74) is 6.33. The van der Waals surface area contributed by atoms with Gasteiger partial charge < -0.3 is 5.73 Å². The van der Waals surface area contributed by atoms with Crippen LogP contribution in [-0.4, -0.2) is 6.18 Å². The number of hydrogen-bond donors (Lipinski definition) is 1. The van der Waals surface area contributed by atoms with E-state index in [9.17, 15) is 13.2 Å². The summed E-state index contributed by atoms with van der Waals surface area (Å²) in [6.45, 7) is 1.41. The lowest BCUT2D eigenvalue weighted by Gasteiger charge is -2.16. The Kier molecular flexibility index (Phi) is 3.16. The largest absolute Gasteiger partial charge is 0.395 e. The van der Waals surface area contributed by atoms with Crippen molar-refractivity contribution in [3.63, 3.8) is 0 Å². The molecule has 1 nitrogen and oxygen atoms in total. The lowest BCUT2D eigenvalue weighted by Crippen LogP contribution is -2.17. The lowest BCUT2D eigenvalue weighted by atomic mass is 9.99. The van der Waals surface area contributed by atoms with Gasteiger partial charge in [-0.15, -0.1) is 0 Å². The molecule has 1 atom stereocenters. The van der Waals surface area contributed by atoms with E-state index in [1.54, 1.807) is 12.1 Å². The van der Waals surface area contributed by atoms with Gasteiger partial charge in [0.15, 0.2) is 0 Å². The molecule has 1 aromatic carbocycles. The Hall–Kier alpha value is -1.03. The molecule has 0 radical (unpaired) electrons. The molecule has 0 amide bonds. The average Bonchev–Trinajstić information content (AvgIpc) is 2.15. The maximum atomic E-state index is 12.3. The van der Waals surface area contributed by atoms with E-state index in [1.807, 2.05) is 0 Å². The second-order valence-corrected chi connectivity index (χ2v) is 3.21. The number of alkyl halides is 3. The average molecular weight is 203 g/mol. The lowest BCUT2D eigenvalue weighted by molar-refractivity contribution is -0.146. The van der Waals surface area contributed by atoms with Gasteiger partial charge in [0.05, 0.1) is 5.92 Å². The number of halogens is 3. The minimum Gasteiger partial charge on any atom is -0.326 e. The number of nitrogens with two attached hydrogens (primary N) is 1. The first-order valence-corrected chi connectivity index (χ1v) is 4.30. The Bertz CT molecular complexity index is 306. The smallest absolute Gasteiger partial charge is 0.326 e. The molecule has 0 aliphatic rings. The van der Waals surface area contributed by atoms with Crippen LogP contribution in [0.5, 0.6) is 0 Å². The van der Waals surface area contributed by atoms with E-state index in [1.165, 1.54) is 12.1 Å². The third kappa shape index (κ3) is 2.48. The fraction of sp³-hybridized carbons (Fsp3) is 0.400. The van der Waals surface area contributed by atoms with E-state index >= 15 is 0 Å². The highest BCUT2D eigenvalue weighted by Gasteiger charge is 2.36. The topological polar surface area (TPSA) is 26.0 Å². The summed E-state index contributed by atoms with van der Waals surface area (Å²) < 4.78 is 37.0. The predicted molar refractivity (Wildman–Crippen MR) is 48.8 cm³/mol. The van der Waals surface area contributed by atoms with Crippen LogP contribution in [0.25, 0.3) is 0 Å². The first-order valence-electron chi connectivity index (χ1n) is 4.30. The zero-order valence-corrected chi connectivity index (χ0v) is 7.81. The van der Waals surface area contributed by atoms with Crippen molar-refractivity contribution in [2.75, 3.05) is 0 Å². The quantitative estimate of drug-likeness (QED) is 0.785. The summed E-state index contributed by atoms with van der Waals surface area (Å²) in [6, 6.07) is 6.28. The van der Waals surface area contributed by atoms with Gasteiger partial charge in [-0.05, 0) is 18.1 Å². The maximum Gasteiger partial charge on any atom is 0.395 e. The molecule has 4 heteroatoms. The first kappa shape index (κ1) is 11.0. The summed E-state index contributed by atoms with van der Waals surface area (Å²) in [4.78, 5) is 0. The molecule has 78 valence electrons. The summed E-state index contributed by atoms with van der Waals surface area (Å²) in [5, 5.41) is 0. The van der Waals surface area contributed by atoms with Crippen molar-refractivity contribution in [1.82, 2.24) is 0 Å². The second kappa shape index (κ2) is 4.00. The molecule has 0 aliphatic carbocycles. The summed E-state index contributed by atoms with van der Waals surface area (Å²) in [7, 11) is 0. The normalized spacial score (nSPS) is 14.1. The summed E-state index contributed by atoms with van der Waals surface area (Å²) >= 11 is 0. The van der Waals surface area contributed by atoms with Gasteiger partial charge in [0.1, 0.15) is 0 Å². The van der Waals surface area contributed by atoms with Gasteiger partial charge in [0, 0.05) is 6.54 Å². The van der Waals surface area contributed by atoms with E-state index < -0.39 is 12.1 Å². The van der Waals surface area contributed by atoms with Crippen LogP contribution in [0.3, 0.4) is 0 Å². The maximum absolute atomic E-state index is 12.3. The van der Waals surface area contributed by atoms with Crippen LogP contribution in [-0.2, 0) is 6.54 Å². The molecule has 0 heterocycles. The molecule has 0 saturated carbocycles. The third-order valence-electron chi connectivity index (χ3n) is 2.18. The second-order valence-electron chi connectivity index (χ2n) is 3.21. The fourth-order valence-corrected chi connectivity index (χ4v) is 1.18. The molecule has 0 aliphatic heterocycles. The minimum absolute atomic E-state index is 0.262. The molecule has 0 fully saturated rings. The highest BCUT2D eigenvalue weighted by molar-refractivity contribution is 5.26. The van der Waals surface area contributed by atoms with Crippen LogP contribution in [0.15, 0.2) is 24.3 Å². The molecule has 2 N–H and O–H groups in total. The fourth-order valence-electron chi connectivity index (χ4n) is 1.18. The van der Waals surface area contributed by atoms with Gasteiger partial charge in [-0.3, -0.25) is 0 Å². The van der Waals surface area contributed by atoms with Crippen molar-refractivity contribution in [1.29, 1.82) is 0 Å². The summed E-state index contributed by atoms with van der Waals surface area (Å²) in [6.07, 6.45) is -4.19. The van der Waals surface area contributed by atoms with Gasteiger partial charge in [-0.1, -0.05) is 24.3 Å². The van der Waals surface area contributed by atoms with Crippen molar-refractivity contribution >= 4 is 0 Å². The predicted octanol–water partition coefficient (Wildman–Crippen LogP) is 2.81. The molecule has 0 saturated heterocycles. The van der Waals surface area contributed by atoms with Crippen LogP contribution in [0.4, 0.5) is 13.2 Å². The van der Waals surface area contributed by atoms with Crippen LogP contribution in [0.1, 0.15) is 24.0 Å². The monoisotopic (exact) mass is 203 g/mol. The molecule has 1 unspecified atom stereocenters. The molecule has 0 aromatic heterocycles. The SMILES string of the molecule is CC(c1cccc(CN)c1)C(F)(F)F. The van der Waals surface area contributed by atoms with E-state index in [0.29, 0.717) is 0 Å². The van der Waals surface area contributed by atoms with Crippen LogP contribution >= 0.6 is 0 Å². The van der Waals surface area contributed by atoms with Crippen LogP contribution < -0.4 is 5.73 Å².